The Labute approximate surface area is 247 Å². The number of nitrogens with zero attached hydrogens (tertiary/aromatic N) is 3. The number of azide groups is 1. The Bertz CT molecular complexity index is 1110. The van der Waals surface area contributed by atoms with Crippen molar-refractivity contribution in [3.05, 3.63) is 39.9 Å². The van der Waals surface area contributed by atoms with Crippen LogP contribution in [0.5, 0.6) is 5.75 Å². The van der Waals surface area contributed by atoms with Gasteiger partial charge >= 0.3 is 6.09 Å². The van der Waals surface area contributed by atoms with Gasteiger partial charge in [-0.2, -0.15) is 11.8 Å². The Kier molecular flexibility index (Phi) is 14.5. The molecule has 12 heteroatoms. The fourth-order valence-corrected chi connectivity index (χ4v) is 5.30. The largest absolute Gasteiger partial charge is 0.465 e. The van der Waals surface area contributed by atoms with Crippen molar-refractivity contribution in [1.29, 1.82) is 0 Å². The summed E-state index contributed by atoms with van der Waals surface area (Å²) >= 11 is 1.87. The molecule has 1 aromatic carbocycles. The SMILES string of the molecule is CC(C)(C)OC(=O)NCCc1c[nH]c2ccc(OC3CCCCO3)c(CCCSCCOCCOCCN=[N+]=[N-])c12. The van der Waals surface area contributed by atoms with Crippen molar-refractivity contribution < 1.29 is 28.5 Å². The highest BCUT2D eigenvalue weighted by molar-refractivity contribution is 7.99. The van der Waals surface area contributed by atoms with Gasteiger partial charge in [-0.15, -0.1) is 0 Å². The van der Waals surface area contributed by atoms with E-state index in [1.54, 1.807) is 0 Å². The standard InChI is InChI=1S/C29H45N5O6S/c1-29(2,3)40-28(35)31-12-11-22-21-32-24-9-10-25(39-26-8-4-5-14-38-26)23(27(22)24)7-6-19-41-20-18-37-17-16-36-15-13-33-34-30/h9-10,21,26,32H,4-8,11-20H2,1-3H3,(H,31,35). The van der Waals surface area contributed by atoms with Gasteiger partial charge in [0.05, 0.1) is 33.0 Å². The van der Waals surface area contributed by atoms with Gasteiger partial charge in [-0.25, -0.2) is 4.79 Å². The first-order valence-corrected chi connectivity index (χ1v) is 15.6. The number of thioether (sulfide) groups is 1. The van der Waals surface area contributed by atoms with Gasteiger partial charge < -0.3 is 34.0 Å². The van der Waals surface area contributed by atoms with Crippen LogP contribution in [-0.2, 0) is 31.8 Å². The number of amides is 1. The van der Waals surface area contributed by atoms with E-state index in [0.29, 0.717) is 45.9 Å². The molecule has 1 aromatic heterocycles. The average molecular weight is 592 g/mol. The summed E-state index contributed by atoms with van der Waals surface area (Å²) in [5.74, 6) is 2.79. The summed E-state index contributed by atoms with van der Waals surface area (Å²) in [6, 6.07) is 4.11. The third-order valence-corrected chi connectivity index (χ3v) is 7.34. The summed E-state index contributed by atoms with van der Waals surface area (Å²) < 4.78 is 28.6. The van der Waals surface area contributed by atoms with Crippen LogP contribution in [0.15, 0.2) is 23.4 Å². The molecular formula is C29H45N5O6S. The van der Waals surface area contributed by atoms with Gasteiger partial charge in [0.2, 0.25) is 0 Å². The summed E-state index contributed by atoms with van der Waals surface area (Å²) in [7, 11) is 0. The van der Waals surface area contributed by atoms with Crippen LogP contribution in [0.4, 0.5) is 4.79 Å². The van der Waals surface area contributed by atoms with Crippen molar-refractivity contribution in [3.8, 4) is 5.75 Å². The summed E-state index contributed by atoms with van der Waals surface area (Å²) in [5, 5.41) is 7.46. The van der Waals surface area contributed by atoms with Crippen LogP contribution >= 0.6 is 11.8 Å². The van der Waals surface area contributed by atoms with Crippen molar-refractivity contribution in [2.75, 3.05) is 57.6 Å². The Morgan fingerprint density at radius 3 is 2.76 bits per heavy atom. The monoisotopic (exact) mass is 591 g/mol. The second-order valence-electron chi connectivity index (χ2n) is 10.8. The molecule has 1 amide bonds. The smallest absolute Gasteiger partial charge is 0.407 e. The summed E-state index contributed by atoms with van der Waals surface area (Å²) in [6.45, 7) is 9.22. The van der Waals surface area contributed by atoms with E-state index in [9.17, 15) is 4.79 Å². The quantitative estimate of drug-likeness (QED) is 0.0917. The van der Waals surface area contributed by atoms with Crippen molar-refractivity contribution in [3.63, 3.8) is 0 Å². The zero-order valence-electron chi connectivity index (χ0n) is 24.6. The molecule has 2 heterocycles. The van der Waals surface area contributed by atoms with Gasteiger partial charge in [-0.3, -0.25) is 0 Å². The molecule has 1 atom stereocenters. The molecule has 0 aliphatic carbocycles. The number of nitrogens with one attached hydrogen (secondary N) is 2. The summed E-state index contributed by atoms with van der Waals surface area (Å²) in [6.07, 6.45) is 7.02. The van der Waals surface area contributed by atoms with E-state index >= 15 is 0 Å². The minimum absolute atomic E-state index is 0.217. The fraction of sp³-hybridized carbons (Fsp3) is 0.690. The topological polar surface area (TPSA) is 140 Å². The molecule has 0 bridgehead atoms. The number of fused-ring (bicyclic) bond motifs is 1. The molecule has 0 radical (unpaired) electrons. The predicted octanol–water partition coefficient (Wildman–Crippen LogP) is 6.15. The van der Waals surface area contributed by atoms with E-state index < -0.39 is 11.7 Å². The Hall–Kier alpha value is -2.63. The summed E-state index contributed by atoms with van der Waals surface area (Å²) in [4.78, 5) is 18.2. The van der Waals surface area contributed by atoms with Crippen LogP contribution in [-0.4, -0.2) is 80.6 Å². The Balaban J connectivity index is 1.53. The molecule has 228 valence electrons. The number of alkyl carbamates (subject to hydrolysis) is 1. The number of carbonyl (C=O) groups is 1. The van der Waals surface area contributed by atoms with Crippen LogP contribution < -0.4 is 10.1 Å². The van der Waals surface area contributed by atoms with E-state index in [4.69, 9.17) is 29.2 Å². The van der Waals surface area contributed by atoms with Gasteiger partial charge in [0.15, 0.2) is 6.29 Å². The van der Waals surface area contributed by atoms with Gasteiger partial charge in [-0.1, -0.05) is 5.11 Å². The average Bonchev–Trinajstić information content (AvgIpc) is 3.35. The van der Waals surface area contributed by atoms with Crippen LogP contribution in [0.1, 0.15) is 57.6 Å². The minimum Gasteiger partial charge on any atom is -0.465 e. The number of hydrogen-bond donors (Lipinski definition) is 2. The minimum atomic E-state index is -0.529. The Morgan fingerprint density at radius 2 is 2.00 bits per heavy atom. The normalized spacial score (nSPS) is 15.4. The number of ether oxygens (including phenoxy) is 5. The summed E-state index contributed by atoms with van der Waals surface area (Å²) in [5.41, 5.74) is 11.1. The number of aromatic nitrogens is 1. The van der Waals surface area contributed by atoms with E-state index in [1.165, 1.54) is 5.56 Å². The third kappa shape index (κ3) is 12.4. The predicted molar refractivity (Wildman–Crippen MR) is 162 cm³/mol. The molecule has 1 fully saturated rings. The van der Waals surface area contributed by atoms with Crippen LogP contribution in [0.25, 0.3) is 21.3 Å². The Morgan fingerprint density at radius 1 is 1.17 bits per heavy atom. The number of aromatic amines is 1. The van der Waals surface area contributed by atoms with Crippen molar-refractivity contribution >= 4 is 28.8 Å². The van der Waals surface area contributed by atoms with Gasteiger partial charge in [0, 0.05) is 52.8 Å². The molecule has 3 rings (SSSR count). The number of rotatable bonds is 18. The molecule has 0 saturated carbocycles. The lowest BCUT2D eigenvalue weighted by Gasteiger charge is -2.25. The molecule has 0 spiro atoms. The molecule has 2 aromatic rings. The highest BCUT2D eigenvalue weighted by atomic mass is 32.2. The van der Waals surface area contributed by atoms with Crippen molar-refractivity contribution in [1.82, 2.24) is 10.3 Å². The zero-order chi connectivity index (χ0) is 29.3. The van der Waals surface area contributed by atoms with Gasteiger partial charge in [0.25, 0.3) is 0 Å². The van der Waals surface area contributed by atoms with Crippen molar-refractivity contribution in [2.24, 2.45) is 5.11 Å². The van der Waals surface area contributed by atoms with E-state index in [-0.39, 0.29) is 6.29 Å². The van der Waals surface area contributed by atoms with Gasteiger partial charge in [-0.05, 0) is 81.9 Å². The lowest BCUT2D eigenvalue weighted by Crippen LogP contribution is -2.33. The number of hydrogen-bond acceptors (Lipinski definition) is 8. The molecule has 41 heavy (non-hydrogen) atoms. The third-order valence-electron chi connectivity index (χ3n) is 6.31. The first-order valence-electron chi connectivity index (χ1n) is 14.5. The number of benzene rings is 1. The molecule has 1 saturated heterocycles. The van der Waals surface area contributed by atoms with Gasteiger partial charge in [0.1, 0.15) is 11.4 Å². The first kappa shape index (κ1) is 32.9. The van der Waals surface area contributed by atoms with Crippen LogP contribution in [0.3, 0.4) is 0 Å². The second-order valence-corrected chi connectivity index (χ2v) is 12.0. The van der Waals surface area contributed by atoms with Crippen molar-refractivity contribution in [2.45, 2.75) is 71.2 Å². The highest BCUT2D eigenvalue weighted by Crippen LogP contribution is 2.34. The zero-order valence-corrected chi connectivity index (χ0v) is 25.4. The second kappa shape index (κ2) is 18.0. The van der Waals surface area contributed by atoms with Crippen LogP contribution in [0.2, 0.25) is 0 Å². The lowest BCUT2D eigenvalue weighted by atomic mass is 9.99. The number of carbonyl (C=O) groups excluding carboxylic acids is 1. The fourth-order valence-electron chi connectivity index (χ4n) is 4.51. The number of H-pyrrole nitrogens is 1. The van der Waals surface area contributed by atoms with E-state index in [1.807, 2.05) is 44.8 Å². The van der Waals surface area contributed by atoms with E-state index in [0.717, 1.165) is 72.4 Å². The number of aryl methyl sites for hydroxylation is 1. The highest BCUT2D eigenvalue weighted by Gasteiger charge is 2.20. The lowest BCUT2D eigenvalue weighted by molar-refractivity contribution is -0.106. The molecule has 11 nitrogen and oxygen atoms in total. The molecule has 1 aliphatic heterocycles. The maximum atomic E-state index is 12.1. The first-order chi connectivity index (χ1) is 19.9. The maximum absolute atomic E-state index is 12.1. The molecule has 1 aliphatic rings. The molecular weight excluding hydrogens is 546 g/mol. The maximum Gasteiger partial charge on any atom is 0.407 e. The molecule has 2 N–H and O–H groups in total. The molecule has 1 unspecified atom stereocenters. The van der Waals surface area contributed by atoms with Crippen LogP contribution in [0, 0.1) is 0 Å². The van der Waals surface area contributed by atoms with E-state index in [2.05, 4.69) is 26.4 Å².